The summed E-state index contributed by atoms with van der Waals surface area (Å²) in [5.41, 5.74) is 6.69. The largest absolute Gasteiger partial charge is 0.493 e. The van der Waals surface area contributed by atoms with Crippen LogP contribution in [-0.2, 0) is 16.0 Å². The first-order chi connectivity index (χ1) is 17.9. The van der Waals surface area contributed by atoms with E-state index in [1.54, 1.807) is 37.3 Å². The Bertz CT molecular complexity index is 950. The molecule has 0 spiro atoms. The lowest BCUT2D eigenvalue weighted by molar-refractivity contribution is -0.139. The van der Waals surface area contributed by atoms with Crippen LogP contribution in [0.5, 0.6) is 11.5 Å². The zero-order valence-corrected chi connectivity index (χ0v) is 22.3. The van der Waals surface area contributed by atoms with Gasteiger partial charge in [0.2, 0.25) is 24.0 Å². The number of carbonyl (C=O) groups excluding carboxylic acids is 2. The third kappa shape index (κ3) is 10.7. The van der Waals surface area contributed by atoms with Crippen molar-refractivity contribution in [3.8, 4) is 30.5 Å². The van der Waals surface area contributed by atoms with Gasteiger partial charge < -0.3 is 29.9 Å². The van der Waals surface area contributed by atoms with Crippen LogP contribution in [0.25, 0.3) is 0 Å². The van der Waals surface area contributed by atoms with E-state index in [1.165, 1.54) is 0 Å². The summed E-state index contributed by atoms with van der Waals surface area (Å²) in [7, 11) is 4.99. The fraction of sp³-hybridized carbons (Fsp3) is 0.556. The Balaban J connectivity index is 0.000000350. The Hall–Kier alpha value is -3.92. The lowest BCUT2D eigenvalue weighted by Crippen LogP contribution is -2.41. The number of rotatable bonds is 7. The summed E-state index contributed by atoms with van der Waals surface area (Å²) in [6, 6.07) is 5.75. The minimum Gasteiger partial charge on any atom is -0.493 e. The molecule has 0 saturated carbocycles. The molecule has 0 aliphatic carbocycles. The molecule has 0 bridgehead atoms. The van der Waals surface area contributed by atoms with Gasteiger partial charge in [-0.3, -0.25) is 9.59 Å². The Morgan fingerprint density at radius 1 is 1.11 bits per heavy atom. The van der Waals surface area contributed by atoms with Crippen molar-refractivity contribution in [3.63, 3.8) is 0 Å². The number of carbonyl (C=O) groups is 2. The highest BCUT2D eigenvalue weighted by Gasteiger charge is 2.23. The quantitative estimate of drug-likeness (QED) is 0.257. The zero-order chi connectivity index (χ0) is 27.6. The molecule has 2 aliphatic rings. The van der Waals surface area contributed by atoms with Gasteiger partial charge in [-0.2, -0.15) is 5.26 Å². The summed E-state index contributed by atoms with van der Waals surface area (Å²) in [4.78, 5) is 32.5. The number of benzene rings is 1. The van der Waals surface area contributed by atoms with Gasteiger partial charge in [-0.1, -0.05) is 12.5 Å². The highest BCUT2D eigenvalue weighted by Crippen LogP contribution is 2.27. The van der Waals surface area contributed by atoms with E-state index in [4.69, 9.17) is 20.5 Å². The molecule has 10 nitrogen and oxygen atoms in total. The Morgan fingerprint density at radius 3 is 2.38 bits per heavy atom. The van der Waals surface area contributed by atoms with E-state index in [2.05, 4.69) is 17.8 Å². The molecule has 2 heterocycles. The van der Waals surface area contributed by atoms with Crippen molar-refractivity contribution in [3.05, 3.63) is 23.8 Å². The SMILES string of the molecule is C#C.COc1ccc(CCN(C)C(N)=NC#N)cc1OC.O=C(CN1CCCCCC1=O)N1CCCC1. The van der Waals surface area contributed by atoms with E-state index in [9.17, 15) is 9.59 Å². The molecule has 2 saturated heterocycles. The number of terminal acetylenes is 1. The van der Waals surface area contributed by atoms with Crippen LogP contribution in [0.4, 0.5) is 0 Å². The van der Waals surface area contributed by atoms with Gasteiger partial charge in [0.25, 0.3) is 0 Å². The van der Waals surface area contributed by atoms with Crippen molar-refractivity contribution < 1.29 is 19.1 Å². The van der Waals surface area contributed by atoms with E-state index in [0.717, 1.165) is 63.7 Å². The van der Waals surface area contributed by atoms with Crippen LogP contribution in [0.2, 0.25) is 0 Å². The molecule has 2 amide bonds. The van der Waals surface area contributed by atoms with Gasteiger partial charge in [-0.05, 0) is 49.8 Å². The second-order valence-electron chi connectivity index (χ2n) is 8.64. The second-order valence-corrected chi connectivity index (χ2v) is 8.64. The molecule has 0 atom stereocenters. The number of methoxy groups -OCH3 is 2. The molecular weight excluding hydrogens is 472 g/mol. The van der Waals surface area contributed by atoms with Crippen LogP contribution in [-0.4, -0.2) is 86.5 Å². The van der Waals surface area contributed by atoms with Gasteiger partial charge in [0.05, 0.1) is 20.8 Å². The first-order valence-electron chi connectivity index (χ1n) is 12.4. The molecule has 0 unspecified atom stereocenters. The third-order valence-corrected chi connectivity index (χ3v) is 6.20. The predicted octanol–water partition coefficient (Wildman–Crippen LogP) is 2.23. The number of nitrogens with two attached hydrogens (primary N) is 1. The maximum absolute atomic E-state index is 11.9. The van der Waals surface area contributed by atoms with E-state index in [-0.39, 0.29) is 17.8 Å². The third-order valence-electron chi connectivity index (χ3n) is 6.20. The van der Waals surface area contributed by atoms with Crippen molar-refractivity contribution in [1.29, 1.82) is 5.26 Å². The number of guanidine groups is 1. The number of hydrogen-bond acceptors (Lipinski definition) is 6. The Kier molecular flexibility index (Phi) is 14.7. The molecule has 0 radical (unpaired) electrons. The molecule has 1 aromatic rings. The minimum absolute atomic E-state index is 0.132. The van der Waals surface area contributed by atoms with Crippen molar-refractivity contribution in [2.45, 2.75) is 44.9 Å². The summed E-state index contributed by atoms with van der Waals surface area (Å²) in [6.07, 6.45) is 16.4. The van der Waals surface area contributed by atoms with E-state index >= 15 is 0 Å². The molecule has 2 fully saturated rings. The van der Waals surface area contributed by atoms with Gasteiger partial charge >= 0.3 is 0 Å². The van der Waals surface area contributed by atoms with Gasteiger partial charge in [-0.15, -0.1) is 17.8 Å². The predicted molar refractivity (Wildman–Crippen MR) is 144 cm³/mol. The summed E-state index contributed by atoms with van der Waals surface area (Å²) in [5, 5.41) is 8.42. The van der Waals surface area contributed by atoms with Gasteiger partial charge in [0.1, 0.15) is 0 Å². The fourth-order valence-electron chi connectivity index (χ4n) is 4.02. The number of nitrogens with zero attached hydrogens (tertiary/aromatic N) is 5. The minimum atomic E-state index is 0.132. The molecule has 3 rings (SSSR count). The number of likely N-dealkylation sites (tertiary alicyclic amines) is 2. The molecule has 1 aromatic carbocycles. The lowest BCUT2D eigenvalue weighted by Gasteiger charge is -2.23. The normalized spacial score (nSPS) is 15.2. The topological polar surface area (TPSA) is 124 Å². The van der Waals surface area contributed by atoms with Crippen LogP contribution in [0.1, 0.15) is 44.1 Å². The average molecular weight is 513 g/mol. The van der Waals surface area contributed by atoms with Crippen LogP contribution >= 0.6 is 0 Å². The number of ether oxygens (including phenoxy) is 2. The summed E-state index contributed by atoms with van der Waals surface area (Å²) < 4.78 is 10.4. The maximum atomic E-state index is 11.9. The molecule has 37 heavy (non-hydrogen) atoms. The summed E-state index contributed by atoms with van der Waals surface area (Å²) >= 11 is 0. The molecule has 10 heteroatoms. The van der Waals surface area contributed by atoms with Crippen LogP contribution < -0.4 is 15.2 Å². The molecule has 202 valence electrons. The Morgan fingerprint density at radius 2 is 1.76 bits per heavy atom. The number of likely N-dealkylation sites (N-methyl/N-ethyl adjacent to an activating group) is 1. The van der Waals surface area contributed by atoms with Crippen molar-refractivity contribution >= 4 is 17.8 Å². The van der Waals surface area contributed by atoms with Crippen molar-refractivity contribution in [1.82, 2.24) is 14.7 Å². The average Bonchev–Trinajstić information content (AvgIpc) is 3.40. The van der Waals surface area contributed by atoms with Crippen LogP contribution in [0.15, 0.2) is 23.2 Å². The number of hydrogen-bond donors (Lipinski definition) is 1. The van der Waals surface area contributed by atoms with Gasteiger partial charge in [0, 0.05) is 39.6 Å². The van der Waals surface area contributed by atoms with Crippen molar-refractivity contribution in [2.24, 2.45) is 10.7 Å². The number of aliphatic imine (C=N–C) groups is 1. The van der Waals surface area contributed by atoms with Crippen LogP contribution in [0, 0.1) is 24.3 Å². The second kappa shape index (κ2) is 17.5. The van der Waals surface area contributed by atoms with Crippen LogP contribution in [0.3, 0.4) is 0 Å². The van der Waals surface area contributed by atoms with Gasteiger partial charge in [-0.25, -0.2) is 0 Å². The van der Waals surface area contributed by atoms with Gasteiger partial charge in [0.15, 0.2) is 11.5 Å². The summed E-state index contributed by atoms with van der Waals surface area (Å²) in [5.74, 6) is 1.90. The molecule has 2 N–H and O–H groups in total. The standard InChI is InChI=1S/C13H18N4O2.C12H20N2O2.C2H2/c1-17(13(15)16-9-14)7-6-10-4-5-11(18-2)12(8-10)19-3;15-11-6-2-1-3-9-14(11)10-12(16)13-7-4-5-8-13;1-2/h4-5,8H,6-7H2,1-3H3,(H2,15,16);1-10H2;1-2H. The monoisotopic (exact) mass is 512 g/mol. The maximum Gasteiger partial charge on any atom is 0.242 e. The van der Waals surface area contributed by atoms with E-state index < -0.39 is 0 Å². The molecule has 2 aliphatic heterocycles. The first kappa shape index (κ1) is 31.1. The highest BCUT2D eigenvalue weighted by molar-refractivity contribution is 5.85. The smallest absolute Gasteiger partial charge is 0.242 e. The first-order valence-corrected chi connectivity index (χ1v) is 12.4. The fourth-order valence-corrected chi connectivity index (χ4v) is 4.02. The molecule has 0 aromatic heterocycles. The van der Waals surface area contributed by atoms with E-state index in [0.29, 0.717) is 31.0 Å². The number of nitriles is 1. The highest BCUT2D eigenvalue weighted by atomic mass is 16.5. The van der Waals surface area contributed by atoms with Crippen molar-refractivity contribution in [2.75, 3.05) is 54.0 Å². The zero-order valence-electron chi connectivity index (χ0n) is 22.3. The van der Waals surface area contributed by atoms with E-state index in [1.807, 2.05) is 23.1 Å². The molecular formula is C27H40N6O4. The number of amides is 2. The Labute approximate surface area is 221 Å². The summed E-state index contributed by atoms with van der Waals surface area (Å²) in [6.45, 7) is 3.48. The lowest BCUT2D eigenvalue weighted by atomic mass is 10.1.